The summed E-state index contributed by atoms with van der Waals surface area (Å²) in [4.78, 5) is 11.9. The zero-order valence-corrected chi connectivity index (χ0v) is 11.6. The van der Waals surface area contributed by atoms with E-state index in [1.165, 1.54) is 0 Å². The first kappa shape index (κ1) is 14.0. The summed E-state index contributed by atoms with van der Waals surface area (Å²) in [6.45, 7) is 2.08. The number of carbonyl (C=O) groups is 1. The highest BCUT2D eigenvalue weighted by atomic mass is 16.1. The van der Waals surface area contributed by atoms with Gasteiger partial charge in [-0.3, -0.25) is 4.79 Å². The lowest BCUT2D eigenvalue weighted by Crippen LogP contribution is -1.98. The standard InChI is InChI=1S/C18H17NO/c1-2-3-4-18(20)17-11-9-16(10-12-17)15-7-5-14(13-19)6-8-15/h5-12H,2-4H2,1H3. The summed E-state index contributed by atoms with van der Waals surface area (Å²) >= 11 is 0. The molecular weight excluding hydrogens is 246 g/mol. The Hall–Kier alpha value is -2.40. The average molecular weight is 263 g/mol. The number of ketones is 1. The van der Waals surface area contributed by atoms with Crippen LogP contribution in [0.3, 0.4) is 0 Å². The highest BCUT2D eigenvalue weighted by molar-refractivity contribution is 5.96. The molecule has 0 heterocycles. The Kier molecular flexibility index (Phi) is 4.68. The number of hydrogen-bond donors (Lipinski definition) is 0. The van der Waals surface area contributed by atoms with Gasteiger partial charge < -0.3 is 0 Å². The maximum absolute atomic E-state index is 11.9. The van der Waals surface area contributed by atoms with E-state index >= 15 is 0 Å². The molecule has 0 fully saturated rings. The van der Waals surface area contributed by atoms with Crippen LogP contribution < -0.4 is 0 Å². The van der Waals surface area contributed by atoms with Crippen LogP contribution in [0.2, 0.25) is 0 Å². The molecule has 20 heavy (non-hydrogen) atoms. The van der Waals surface area contributed by atoms with Gasteiger partial charge in [0.2, 0.25) is 0 Å². The first-order chi connectivity index (χ1) is 9.74. The van der Waals surface area contributed by atoms with Gasteiger partial charge in [-0.1, -0.05) is 49.7 Å². The van der Waals surface area contributed by atoms with Crippen molar-refractivity contribution in [1.82, 2.24) is 0 Å². The van der Waals surface area contributed by atoms with E-state index in [0.29, 0.717) is 12.0 Å². The molecule has 0 saturated heterocycles. The van der Waals surface area contributed by atoms with Crippen molar-refractivity contribution < 1.29 is 4.79 Å². The lowest BCUT2D eigenvalue weighted by Gasteiger charge is -2.04. The van der Waals surface area contributed by atoms with E-state index in [1.807, 2.05) is 36.4 Å². The van der Waals surface area contributed by atoms with E-state index in [2.05, 4.69) is 13.0 Å². The maximum atomic E-state index is 11.9. The second kappa shape index (κ2) is 6.68. The number of nitriles is 1. The topological polar surface area (TPSA) is 40.9 Å². The fraction of sp³-hybridized carbons (Fsp3) is 0.222. The zero-order valence-electron chi connectivity index (χ0n) is 11.6. The highest BCUT2D eigenvalue weighted by Gasteiger charge is 2.05. The smallest absolute Gasteiger partial charge is 0.162 e. The molecule has 100 valence electrons. The van der Waals surface area contributed by atoms with Gasteiger partial charge in [-0.2, -0.15) is 5.26 Å². The van der Waals surface area contributed by atoms with Crippen molar-refractivity contribution in [3.63, 3.8) is 0 Å². The summed E-state index contributed by atoms with van der Waals surface area (Å²) in [6.07, 6.45) is 2.60. The number of rotatable bonds is 5. The Balaban J connectivity index is 2.15. The fourth-order valence-electron chi connectivity index (χ4n) is 2.07. The normalized spacial score (nSPS) is 10.0. The summed E-state index contributed by atoms with van der Waals surface area (Å²) in [7, 11) is 0. The SMILES string of the molecule is CCCCC(=O)c1ccc(-c2ccc(C#N)cc2)cc1. The van der Waals surface area contributed by atoms with Crippen LogP contribution in [-0.4, -0.2) is 5.78 Å². The van der Waals surface area contributed by atoms with E-state index in [9.17, 15) is 4.79 Å². The van der Waals surface area contributed by atoms with Crippen molar-refractivity contribution in [2.75, 3.05) is 0 Å². The molecule has 0 amide bonds. The minimum Gasteiger partial charge on any atom is -0.294 e. The summed E-state index contributed by atoms with van der Waals surface area (Å²) in [5.74, 6) is 0.207. The molecule has 2 aromatic rings. The highest BCUT2D eigenvalue weighted by Crippen LogP contribution is 2.21. The van der Waals surface area contributed by atoms with Gasteiger partial charge in [0, 0.05) is 12.0 Å². The third-order valence-corrected chi connectivity index (χ3v) is 3.31. The lowest BCUT2D eigenvalue weighted by atomic mass is 10.00. The summed E-state index contributed by atoms with van der Waals surface area (Å²) in [5, 5.41) is 8.78. The minimum atomic E-state index is 0.207. The van der Waals surface area contributed by atoms with Crippen LogP contribution >= 0.6 is 0 Å². The van der Waals surface area contributed by atoms with Gasteiger partial charge in [-0.25, -0.2) is 0 Å². The molecule has 0 aliphatic rings. The number of nitrogens with zero attached hydrogens (tertiary/aromatic N) is 1. The van der Waals surface area contributed by atoms with Crippen molar-refractivity contribution in [3.05, 3.63) is 59.7 Å². The van der Waals surface area contributed by atoms with E-state index < -0.39 is 0 Å². The predicted molar refractivity (Wildman–Crippen MR) is 80.4 cm³/mol. The molecule has 0 aromatic heterocycles. The van der Waals surface area contributed by atoms with E-state index in [0.717, 1.165) is 29.5 Å². The Morgan fingerprint density at radius 3 is 2.05 bits per heavy atom. The van der Waals surface area contributed by atoms with Crippen LogP contribution in [-0.2, 0) is 0 Å². The van der Waals surface area contributed by atoms with Crippen LogP contribution in [0.5, 0.6) is 0 Å². The molecule has 0 aliphatic heterocycles. The second-order valence-corrected chi connectivity index (χ2v) is 4.79. The Bertz CT molecular complexity index is 618. The van der Waals surface area contributed by atoms with Gasteiger partial charge in [-0.15, -0.1) is 0 Å². The summed E-state index contributed by atoms with van der Waals surface area (Å²) < 4.78 is 0. The molecule has 2 heteroatoms. The Morgan fingerprint density at radius 2 is 1.55 bits per heavy atom. The van der Waals surface area contributed by atoms with E-state index in [4.69, 9.17) is 5.26 Å². The fourth-order valence-corrected chi connectivity index (χ4v) is 2.07. The third-order valence-electron chi connectivity index (χ3n) is 3.31. The molecule has 0 atom stereocenters. The largest absolute Gasteiger partial charge is 0.294 e. The number of benzene rings is 2. The van der Waals surface area contributed by atoms with E-state index in [1.54, 1.807) is 12.1 Å². The maximum Gasteiger partial charge on any atom is 0.162 e. The van der Waals surface area contributed by atoms with Gasteiger partial charge in [0.15, 0.2) is 5.78 Å². The monoisotopic (exact) mass is 263 g/mol. The second-order valence-electron chi connectivity index (χ2n) is 4.79. The van der Waals surface area contributed by atoms with Gasteiger partial charge >= 0.3 is 0 Å². The van der Waals surface area contributed by atoms with Crippen molar-refractivity contribution >= 4 is 5.78 Å². The minimum absolute atomic E-state index is 0.207. The first-order valence-electron chi connectivity index (χ1n) is 6.88. The summed E-state index contributed by atoms with van der Waals surface area (Å²) in [6, 6.07) is 17.2. The molecule has 0 radical (unpaired) electrons. The quantitative estimate of drug-likeness (QED) is 0.740. The molecule has 2 rings (SSSR count). The van der Waals surface area contributed by atoms with Crippen molar-refractivity contribution in [1.29, 1.82) is 5.26 Å². The number of unbranched alkanes of at least 4 members (excludes halogenated alkanes) is 1. The lowest BCUT2D eigenvalue weighted by molar-refractivity contribution is 0.0980. The molecule has 2 aromatic carbocycles. The summed E-state index contributed by atoms with van der Waals surface area (Å²) in [5.41, 5.74) is 3.54. The van der Waals surface area contributed by atoms with Crippen LogP contribution in [0.25, 0.3) is 11.1 Å². The van der Waals surface area contributed by atoms with Crippen molar-refractivity contribution in [3.8, 4) is 17.2 Å². The van der Waals surface area contributed by atoms with Crippen LogP contribution in [0.15, 0.2) is 48.5 Å². The van der Waals surface area contributed by atoms with Gasteiger partial charge in [0.05, 0.1) is 11.6 Å². The number of carbonyl (C=O) groups excluding carboxylic acids is 1. The molecule has 0 N–H and O–H groups in total. The van der Waals surface area contributed by atoms with Gasteiger partial charge in [-0.05, 0) is 29.7 Å². The van der Waals surface area contributed by atoms with Crippen LogP contribution in [0.4, 0.5) is 0 Å². The Morgan fingerprint density at radius 1 is 1.00 bits per heavy atom. The zero-order chi connectivity index (χ0) is 14.4. The Labute approximate surface area is 119 Å². The van der Waals surface area contributed by atoms with Gasteiger partial charge in [0.25, 0.3) is 0 Å². The number of hydrogen-bond acceptors (Lipinski definition) is 2. The third kappa shape index (κ3) is 3.33. The molecule has 0 bridgehead atoms. The average Bonchev–Trinajstić information content (AvgIpc) is 2.53. The predicted octanol–water partition coefficient (Wildman–Crippen LogP) is 4.60. The molecule has 0 spiro atoms. The molecule has 0 aliphatic carbocycles. The molecular formula is C18H17NO. The molecule has 0 saturated carbocycles. The van der Waals surface area contributed by atoms with Crippen molar-refractivity contribution in [2.24, 2.45) is 0 Å². The van der Waals surface area contributed by atoms with Crippen molar-refractivity contribution in [2.45, 2.75) is 26.2 Å². The molecule has 2 nitrogen and oxygen atoms in total. The molecule has 0 unspecified atom stereocenters. The first-order valence-corrected chi connectivity index (χ1v) is 6.88. The number of Topliss-reactive ketones (excluding diaryl/α,β-unsaturated/α-hetero) is 1. The van der Waals surface area contributed by atoms with Gasteiger partial charge in [0.1, 0.15) is 0 Å². The van der Waals surface area contributed by atoms with E-state index in [-0.39, 0.29) is 5.78 Å². The van der Waals surface area contributed by atoms with Crippen LogP contribution in [0, 0.1) is 11.3 Å². The van der Waals surface area contributed by atoms with Crippen LogP contribution in [0.1, 0.15) is 42.1 Å².